The Morgan fingerprint density at radius 1 is 1.07 bits per heavy atom. The molecule has 7 heteroatoms. The van der Waals surface area contributed by atoms with Gasteiger partial charge in [-0.3, -0.25) is 9.80 Å². The second-order valence-corrected chi connectivity index (χ2v) is 9.26. The lowest BCUT2D eigenvalue weighted by Crippen LogP contribution is -2.82. The van der Waals surface area contributed by atoms with Gasteiger partial charge in [0.15, 0.2) is 0 Å². The monoisotopic (exact) mass is 399 g/mol. The zero-order chi connectivity index (χ0) is 19.8. The summed E-state index contributed by atoms with van der Waals surface area (Å²) in [6.07, 6.45) is 2.52. The zero-order valence-corrected chi connectivity index (χ0v) is 17.4. The number of carbonyl (C=O) groups excluding carboxylic acids is 1. The SMILES string of the molecule is CN1CCC(N2CC3(CN(C(=O)Nc4ccccc4)C[C@@H]4COCCN43)C2)CC1. The second kappa shape index (κ2) is 7.87. The van der Waals surface area contributed by atoms with Crippen molar-refractivity contribution < 1.29 is 9.53 Å². The number of benzene rings is 1. The maximum atomic E-state index is 13.0. The molecule has 4 heterocycles. The van der Waals surface area contributed by atoms with Gasteiger partial charge < -0.3 is 19.9 Å². The average Bonchev–Trinajstić information content (AvgIpc) is 2.72. The Kier molecular flexibility index (Phi) is 5.24. The van der Waals surface area contributed by atoms with Crippen LogP contribution >= 0.6 is 0 Å². The first kappa shape index (κ1) is 19.3. The number of morpholine rings is 1. The summed E-state index contributed by atoms with van der Waals surface area (Å²) >= 11 is 0. The van der Waals surface area contributed by atoms with E-state index in [9.17, 15) is 4.79 Å². The van der Waals surface area contributed by atoms with Crippen molar-refractivity contribution in [1.29, 1.82) is 0 Å². The van der Waals surface area contributed by atoms with E-state index in [4.69, 9.17) is 4.74 Å². The Balaban J connectivity index is 1.28. The van der Waals surface area contributed by atoms with Gasteiger partial charge in [-0.2, -0.15) is 0 Å². The van der Waals surface area contributed by atoms with Crippen molar-refractivity contribution in [3.8, 4) is 0 Å². The van der Waals surface area contributed by atoms with Gasteiger partial charge in [0, 0.05) is 44.5 Å². The van der Waals surface area contributed by atoms with Crippen LogP contribution in [0.25, 0.3) is 0 Å². The number of amides is 2. The Labute approximate surface area is 173 Å². The topological polar surface area (TPSA) is 51.3 Å². The minimum Gasteiger partial charge on any atom is -0.378 e. The molecule has 4 aliphatic rings. The maximum Gasteiger partial charge on any atom is 0.321 e. The highest BCUT2D eigenvalue weighted by molar-refractivity contribution is 5.89. The molecule has 1 atom stereocenters. The molecule has 4 aliphatic heterocycles. The number of nitrogens with one attached hydrogen (secondary N) is 1. The fraction of sp³-hybridized carbons (Fsp3) is 0.682. The van der Waals surface area contributed by atoms with Crippen LogP contribution in [-0.2, 0) is 4.74 Å². The number of piperidine rings is 1. The van der Waals surface area contributed by atoms with E-state index in [1.807, 2.05) is 35.2 Å². The predicted molar refractivity (Wildman–Crippen MR) is 113 cm³/mol. The lowest BCUT2D eigenvalue weighted by atomic mass is 9.80. The summed E-state index contributed by atoms with van der Waals surface area (Å²) < 4.78 is 5.78. The van der Waals surface area contributed by atoms with Gasteiger partial charge in [-0.05, 0) is 45.1 Å². The predicted octanol–water partition coefficient (Wildman–Crippen LogP) is 1.38. The normalized spacial score (nSPS) is 28.7. The van der Waals surface area contributed by atoms with Crippen molar-refractivity contribution in [2.75, 3.05) is 71.4 Å². The third-order valence-corrected chi connectivity index (χ3v) is 7.26. The van der Waals surface area contributed by atoms with Crippen LogP contribution in [0, 0.1) is 0 Å². The Morgan fingerprint density at radius 3 is 2.59 bits per heavy atom. The van der Waals surface area contributed by atoms with Crippen LogP contribution in [0.3, 0.4) is 0 Å². The highest BCUT2D eigenvalue weighted by Crippen LogP contribution is 2.38. The number of nitrogens with zero attached hydrogens (tertiary/aromatic N) is 4. The molecule has 29 heavy (non-hydrogen) atoms. The standard InChI is InChI=1S/C22H33N5O2/c1-24-9-7-19(8-10-24)26-16-22(17-26)15-25(13-20-14-29-12-11-27(20)22)21(28)23-18-5-3-2-4-6-18/h2-6,19-20H,7-17H2,1H3,(H,23,28)/t20-/m1/s1. The molecule has 1 aromatic carbocycles. The van der Waals surface area contributed by atoms with Gasteiger partial charge in [0.25, 0.3) is 0 Å². The van der Waals surface area contributed by atoms with E-state index in [2.05, 4.69) is 27.1 Å². The van der Waals surface area contributed by atoms with Crippen LogP contribution in [0.15, 0.2) is 30.3 Å². The van der Waals surface area contributed by atoms with Crippen LogP contribution in [0.5, 0.6) is 0 Å². The van der Waals surface area contributed by atoms with Crippen molar-refractivity contribution in [2.45, 2.75) is 30.5 Å². The van der Waals surface area contributed by atoms with Crippen molar-refractivity contribution in [3.63, 3.8) is 0 Å². The van der Waals surface area contributed by atoms with Crippen LogP contribution in [0.4, 0.5) is 10.5 Å². The number of urea groups is 1. The first-order valence-electron chi connectivity index (χ1n) is 11.0. The molecule has 4 saturated heterocycles. The number of rotatable bonds is 2. The van der Waals surface area contributed by atoms with Crippen LogP contribution in [0.2, 0.25) is 0 Å². The van der Waals surface area contributed by atoms with E-state index in [1.54, 1.807) is 0 Å². The number of ether oxygens (including phenoxy) is 1. The van der Waals surface area contributed by atoms with Gasteiger partial charge in [-0.25, -0.2) is 4.79 Å². The summed E-state index contributed by atoms with van der Waals surface area (Å²) in [5.74, 6) is 0. The molecule has 158 valence electrons. The van der Waals surface area contributed by atoms with E-state index in [-0.39, 0.29) is 11.6 Å². The smallest absolute Gasteiger partial charge is 0.321 e. The second-order valence-electron chi connectivity index (χ2n) is 9.26. The van der Waals surface area contributed by atoms with Crippen LogP contribution in [-0.4, -0.2) is 109 Å². The van der Waals surface area contributed by atoms with E-state index in [0.717, 1.165) is 51.6 Å². The molecule has 0 unspecified atom stereocenters. The lowest BCUT2D eigenvalue weighted by Gasteiger charge is -2.64. The molecule has 7 nitrogen and oxygen atoms in total. The number of para-hydroxylation sites is 1. The van der Waals surface area contributed by atoms with Crippen LogP contribution in [0.1, 0.15) is 12.8 Å². The van der Waals surface area contributed by atoms with Crippen molar-refractivity contribution in [3.05, 3.63) is 30.3 Å². The van der Waals surface area contributed by atoms with Crippen molar-refractivity contribution >= 4 is 11.7 Å². The first-order valence-corrected chi connectivity index (χ1v) is 11.0. The molecule has 1 spiro atoms. The Hall–Kier alpha value is -1.67. The molecule has 0 aromatic heterocycles. The molecule has 2 amide bonds. The van der Waals surface area contributed by atoms with E-state index in [1.165, 1.54) is 25.9 Å². The molecule has 0 saturated carbocycles. The third kappa shape index (κ3) is 3.77. The summed E-state index contributed by atoms with van der Waals surface area (Å²) in [6.45, 7) is 8.62. The number of carbonyl (C=O) groups is 1. The van der Waals surface area contributed by atoms with Crippen molar-refractivity contribution in [1.82, 2.24) is 19.6 Å². The number of anilines is 1. The number of hydrogen-bond donors (Lipinski definition) is 1. The lowest BCUT2D eigenvalue weighted by molar-refractivity contribution is -0.167. The minimum absolute atomic E-state index is 0.0125. The third-order valence-electron chi connectivity index (χ3n) is 7.26. The van der Waals surface area contributed by atoms with Crippen LogP contribution < -0.4 is 5.32 Å². The quantitative estimate of drug-likeness (QED) is 0.814. The summed E-state index contributed by atoms with van der Waals surface area (Å²) in [6, 6.07) is 10.8. The molecule has 0 bridgehead atoms. The molecule has 5 rings (SSSR count). The molecular formula is C22H33N5O2. The summed E-state index contributed by atoms with van der Waals surface area (Å²) in [4.78, 5) is 22.8. The van der Waals surface area contributed by atoms with Gasteiger partial charge in [-0.15, -0.1) is 0 Å². The highest BCUT2D eigenvalue weighted by Gasteiger charge is 2.56. The largest absolute Gasteiger partial charge is 0.378 e. The summed E-state index contributed by atoms with van der Waals surface area (Å²) in [7, 11) is 2.22. The number of piperazine rings is 1. The highest BCUT2D eigenvalue weighted by atomic mass is 16.5. The maximum absolute atomic E-state index is 13.0. The molecular weight excluding hydrogens is 366 g/mol. The minimum atomic E-state index is 0.0125. The van der Waals surface area contributed by atoms with Gasteiger partial charge in [0.05, 0.1) is 24.8 Å². The number of likely N-dealkylation sites (tertiary alicyclic amines) is 2. The summed E-state index contributed by atoms with van der Waals surface area (Å²) in [5.41, 5.74) is 0.944. The molecule has 1 N–H and O–H groups in total. The fourth-order valence-corrected chi connectivity index (χ4v) is 5.68. The first-order chi connectivity index (χ1) is 14.1. The van der Waals surface area contributed by atoms with Crippen molar-refractivity contribution in [2.24, 2.45) is 0 Å². The zero-order valence-electron chi connectivity index (χ0n) is 17.4. The van der Waals surface area contributed by atoms with E-state index < -0.39 is 0 Å². The van der Waals surface area contributed by atoms with Gasteiger partial charge in [0.2, 0.25) is 0 Å². The Bertz CT molecular complexity index is 715. The molecule has 1 aromatic rings. The molecule has 4 fully saturated rings. The Morgan fingerprint density at radius 2 is 1.83 bits per heavy atom. The average molecular weight is 400 g/mol. The van der Waals surface area contributed by atoms with E-state index in [0.29, 0.717) is 12.1 Å². The number of fused-ring (bicyclic) bond motifs is 2. The fourth-order valence-electron chi connectivity index (χ4n) is 5.68. The number of hydrogen-bond acceptors (Lipinski definition) is 5. The van der Waals surface area contributed by atoms with Gasteiger partial charge in [0.1, 0.15) is 0 Å². The van der Waals surface area contributed by atoms with Gasteiger partial charge in [-0.1, -0.05) is 18.2 Å². The van der Waals surface area contributed by atoms with E-state index >= 15 is 0 Å². The molecule has 0 radical (unpaired) electrons. The van der Waals surface area contributed by atoms with Gasteiger partial charge >= 0.3 is 6.03 Å². The molecule has 0 aliphatic carbocycles. The summed E-state index contributed by atoms with van der Waals surface area (Å²) in [5, 5.41) is 3.08.